The summed E-state index contributed by atoms with van der Waals surface area (Å²) in [6, 6.07) is 5.74. The Labute approximate surface area is 137 Å². The standard InChI is InChI=1S/C14H16BrNO5S/c1-8-2-4-9(5-3-8)22(19,20)16-10-6-7-11(17)12(15)13(10)21-14(16)18/h2-5,10-13,17H,6-7H2,1H3/t10-,11-,12+,13-/m1/s1. The van der Waals surface area contributed by atoms with Crippen LogP contribution in [-0.4, -0.2) is 47.0 Å². The van der Waals surface area contributed by atoms with E-state index in [2.05, 4.69) is 15.9 Å². The maximum absolute atomic E-state index is 12.7. The second-order valence-corrected chi connectivity index (χ2v) is 8.49. The number of carbonyl (C=O) groups is 1. The van der Waals surface area contributed by atoms with Gasteiger partial charge in [0.15, 0.2) is 0 Å². The van der Waals surface area contributed by atoms with Gasteiger partial charge in [-0.3, -0.25) is 0 Å². The van der Waals surface area contributed by atoms with Gasteiger partial charge in [-0.1, -0.05) is 33.6 Å². The SMILES string of the molecule is Cc1ccc(S(=O)(=O)N2C(=O)O[C@H]3[C@@H](Br)[C@H](O)CC[C@H]32)cc1. The second-order valence-electron chi connectivity index (χ2n) is 5.62. The van der Waals surface area contributed by atoms with Gasteiger partial charge in [-0.2, -0.15) is 4.31 Å². The Balaban J connectivity index is 1.97. The van der Waals surface area contributed by atoms with E-state index < -0.39 is 39.2 Å². The fourth-order valence-corrected chi connectivity index (χ4v) is 5.15. The molecule has 0 spiro atoms. The fraction of sp³-hybridized carbons (Fsp3) is 0.500. The Kier molecular flexibility index (Phi) is 3.94. The van der Waals surface area contributed by atoms with Crippen LogP contribution < -0.4 is 0 Å². The van der Waals surface area contributed by atoms with Crippen LogP contribution in [0.25, 0.3) is 0 Å². The number of halogens is 1. The van der Waals surface area contributed by atoms with E-state index in [1.54, 1.807) is 12.1 Å². The number of rotatable bonds is 2. The molecule has 1 amide bonds. The van der Waals surface area contributed by atoms with Crippen LogP contribution in [0.3, 0.4) is 0 Å². The van der Waals surface area contributed by atoms with Gasteiger partial charge < -0.3 is 9.84 Å². The van der Waals surface area contributed by atoms with Gasteiger partial charge in [0.2, 0.25) is 0 Å². The number of ether oxygens (including phenoxy) is 1. The van der Waals surface area contributed by atoms with Crippen molar-refractivity contribution in [3.63, 3.8) is 0 Å². The van der Waals surface area contributed by atoms with Crippen LogP contribution in [0.15, 0.2) is 29.2 Å². The van der Waals surface area contributed by atoms with Crippen LogP contribution in [0, 0.1) is 6.92 Å². The molecule has 1 aliphatic heterocycles. The van der Waals surface area contributed by atoms with Crippen LogP contribution >= 0.6 is 15.9 Å². The molecule has 4 atom stereocenters. The molecule has 1 saturated carbocycles. The first kappa shape index (κ1) is 15.8. The zero-order valence-electron chi connectivity index (χ0n) is 11.8. The Bertz CT molecular complexity index is 690. The van der Waals surface area contributed by atoms with Crippen molar-refractivity contribution in [3.8, 4) is 0 Å². The zero-order chi connectivity index (χ0) is 16.1. The molecule has 1 aliphatic carbocycles. The molecule has 1 aromatic rings. The first-order chi connectivity index (χ1) is 10.3. The van der Waals surface area contributed by atoms with Gasteiger partial charge in [0.1, 0.15) is 6.10 Å². The Hall–Kier alpha value is -1.12. The average molecular weight is 390 g/mol. The monoisotopic (exact) mass is 389 g/mol. The number of nitrogens with zero attached hydrogens (tertiary/aromatic N) is 1. The van der Waals surface area contributed by atoms with Crippen molar-refractivity contribution in [1.82, 2.24) is 4.31 Å². The molecular formula is C14H16BrNO5S. The maximum atomic E-state index is 12.7. The number of aliphatic hydroxyl groups excluding tert-OH is 1. The van der Waals surface area contributed by atoms with E-state index >= 15 is 0 Å². The van der Waals surface area contributed by atoms with Crippen molar-refractivity contribution in [1.29, 1.82) is 0 Å². The van der Waals surface area contributed by atoms with E-state index in [-0.39, 0.29) is 4.90 Å². The van der Waals surface area contributed by atoms with E-state index in [4.69, 9.17) is 4.74 Å². The largest absolute Gasteiger partial charge is 0.442 e. The molecule has 0 radical (unpaired) electrons. The minimum absolute atomic E-state index is 0.0629. The summed E-state index contributed by atoms with van der Waals surface area (Å²) in [6.07, 6.45) is -1.42. The summed E-state index contributed by atoms with van der Waals surface area (Å²) in [4.78, 5) is 11.7. The predicted octanol–water partition coefficient (Wildman–Crippen LogP) is 1.79. The normalized spacial score (nSPS) is 31.8. The number of aliphatic hydroxyl groups is 1. The minimum Gasteiger partial charge on any atom is -0.442 e. The van der Waals surface area contributed by atoms with Crippen LogP contribution in [0.5, 0.6) is 0 Å². The third-order valence-corrected chi connectivity index (χ3v) is 7.05. The van der Waals surface area contributed by atoms with E-state index in [1.807, 2.05) is 6.92 Å². The summed E-state index contributed by atoms with van der Waals surface area (Å²) in [5, 5.41) is 9.84. The lowest BCUT2D eigenvalue weighted by atomic mass is 9.91. The molecule has 8 heteroatoms. The predicted molar refractivity (Wildman–Crippen MR) is 82.2 cm³/mol. The molecule has 1 saturated heterocycles. The molecule has 2 aliphatic rings. The number of hydrogen-bond donors (Lipinski definition) is 1. The van der Waals surface area contributed by atoms with Crippen molar-refractivity contribution in [2.24, 2.45) is 0 Å². The highest BCUT2D eigenvalue weighted by molar-refractivity contribution is 9.09. The second kappa shape index (κ2) is 5.50. The number of carbonyl (C=O) groups excluding carboxylic acids is 1. The van der Waals surface area contributed by atoms with Crippen LogP contribution in [0.4, 0.5) is 4.79 Å². The van der Waals surface area contributed by atoms with Gasteiger partial charge in [-0.05, 0) is 31.9 Å². The highest BCUT2D eigenvalue weighted by atomic mass is 79.9. The number of aryl methyl sites for hydroxylation is 1. The molecule has 3 rings (SSSR count). The molecule has 6 nitrogen and oxygen atoms in total. The minimum atomic E-state index is -3.96. The molecule has 120 valence electrons. The lowest BCUT2D eigenvalue weighted by Gasteiger charge is -2.33. The third-order valence-electron chi connectivity index (χ3n) is 4.11. The first-order valence-electron chi connectivity index (χ1n) is 6.96. The molecule has 2 fully saturated rings. The fourth-order valence-electron chi connectivity index (χ4n) is 2.89. The summed E-state index contributed by atoms with van der Waals surface area (Å²) in [6.45, 7) is 1.86. The van der Waals surface area contributed by atoms with Crippen molar-refractivity contribution < 1.29 is 23.1 Å². The molecule has 1 N–H and O–H groups in total. The molecule has 22 heavy (non-hydrogen) atoms. The number of fused-ring (bicyclic) bond motifs is 1. The lowest BCUT2D eigenvalue weighted by molar-refractivity contribution is 0.0506. The summed E-state index contributed by atoms with van der Waals surface area (Å²) >= 11 is 3.30. The highest BCUT2D eigenvalue weighted by Gasteiger charge is 2.54. The lowest BCUT2D eigenvalue weighted by Crippen LogP contribution is -2.49. The highest BCUT2D eigenvalue weighted by Crippen LogP contribution is 2.38. The van der Waals surface area contributed by atoms with Crippen LogP contribution in [0.1, 0.15) is 18.4 Å². The Morgan fingerprint density at radius 3 is 2.55 bits per heavy atom. The molecule has 1 heterocycles. The van der Waals surface area contributed by atoms with Crippen molar-refractivity contribution in [2.45, 2.75) is 47.7 Å². The van der Waals surface area contributed by atoms with Gasteiger partial charge >= 0.3 is 6.09 Å². The first-order valence-corrected chi connectivity index (χ1v) is 9.32. The summed E-state index contributed by atoms with van der Waals surface area (Å²) in [5.74, 6) is 0. The Morgan fingerprint density at radius 2 is 1.91 bits per heavy atom. The quantitative estimate of drug-likeness (QED) is 0.779. The summed E-state index contributed by atoms with van der Waals surface area (Å²) in [5.41, 5.74) is 0.933. The van der Waals surface area contributed by atoms with E-state index in [1.165, 1.54) is 12.1 Å². The van der Waals surface area contributed by atoms with Crippen molar-refractivity contribution in [2.75, 3.05) is 0 Å². The van der Waals surface area contributed by atoms with E-state index in [9.17, 15) is 18.3 Å². The topological polar surface area (TPSA) is 83.9 Å². The number of alkyl halides is 1. The summed E-state index contributed by atoms with van der Waals surface area (Å²) < 4.78 is 31.5. The van der Waals surface area contributed by atoms with Gasteiger partial charge in [0.25, 0.3) is 10.0 Å². The molecule has 1 aromatic carbocycles. The van der Waals surface area contributed by atoms with Crippen molar-refractivity contribution in [3.05, 3.63) is 29.8 Å². The third kappa shape index (κ3) is 2.43. The van der Waals surface area contributed by atoms with E-state index in [0.717, 1.165) is 9.87 Å². The number of hydrogen-bond acceptors (Lipinski definition) is 5. The number of amides is 1. The van der Waals surface area contributed by atoms with Gasteiger partial charge in [-0.25, -0.2) is 13.2 Å². The van der Waals surface area contributed by atoms with Crippen molar-refractivity contribution >= 4 is 32.0 Å². The van der Waals surface area contributed by atoms with Gasteiger partial charge in [0.05, 0.1) is 21.9 Å². The molecule has 0 bridgehead atoms. The smallest absolute Gasteiger partial charge is 0.424 e. The van der Waals surface area contributed by atoms with Crippen LogP contribution in [0.2, 0.25) is 0 Å². The molecule has 0 unspecified atom stereocenters. The van der Waals surface area contributed by atoms with Crippen LogP contribution in [-0.2, 0) is 14.8 Å². The van der Waals surface area contributed by atoms with E-state index in [0.29, 0.717) is 12.8 Å². The maximum Gasteiger partial charge on any atom is 0.424 e. The molecule has 0 aromatic heterocycles. The molecular weight excluding hydrogens is 374 g/mol. The number of benzene rings is 1. The Morgan fingerprint density at radius 1 is 1.27 bits per heavy atom. The zero-order valence-corrected chi connectivity index (χ0v) is 14.2. The summed E-state index contributed by atoms with van der Waals surface area (Å²) in [7, 11) is -3.96. The van der Waals surface area contributed by atoms with Gasteiger partial charge in [-0.15, -0.1) is 0 Å². The van der Waals surface area contributed by atoms with Gasteiger partial charge in [0, 0.05) is 0 Å². The average Bonchev–Trinajstić information content (AvgIpc) is 2.81. The number of sulfonamides is 1.